The van der Waals surface area contributed by atoms with Gasteiger partial charge in [0.15, 0.2) is 5.78 Å². The summed E-state index contributed by atoms with van der Waals surface area (Å²) < 4.78 is 1.27. The van der Waals surface area contributed by atoms with Crippen LogP contribution in [0.5, 0.6) is 0 Å². The van der Waals surface area contributed by atoms with Gasteiger partial charge in [-0.3, -0.25) is 9.70 Å². The summed E-state index contributed by atoms with van der Waals surface area (Å²) in [4.78, 5) is 13.7. The molecule has 6 nitrogen and oxygen atoms in total. The second-order valence-electron chi connectivity index (χ2n) is 3.46. The van der Waals surface area contributed by atoms with Crippen molar-refractivity contribution in [3.05, 3.63) is 64.3 Å². The molecular weight excluding hydrogens is 222 g/mol. The Morgan fingerprint density at radius 3 is 2.65 bits per heavy atom. The summed E-state index contributed by atoms with van der Waals surface area (Å²) in [5.74, 6) is -0.168. The number of ketones is 1. The van der Waals surface area contributed by atoms with Crippen LogP contribution in [0.15, 0.2) is 42.7 Å². The zero-order valence-electron chi connectivity index (χ0n) is 8.87. The minimum Gasteiger partial charge on any atom is -0.744 e. The van der Waals surface area contributed by atoms with Gasteiger partial charge in [0.2, 0.25) is 0 Å². The fraction of sp³-hybridized carbons (Fsp3) is 0.0909. The Kier molecular flexibility index (Phi) is 2.95. The predicted molar refractivity (Wildman–Crippen MR) is 61.6 cm³/mol. The minimum absolute atomic E-state index is 0.0518. The van der Waals surface area contributed by atoms with Gasteiger partial charge < -0.3 is 10.4 Å². The minimum atomic E-state index is -0.557. The van der Waals surface area contributed by atoms with Crippen LogP contribution >= 0.6 is 0 Å². The van der Waals surface area contributed by atoms with Gasteiger partial charge in [-0.25, -0.2) is 9.55 Å². The molecule has 0 saturated carbocycles. The van der Waals surface area contributed by atoms with Crippen LogP contribution in [0.4, 0.5) is 0 Å². The molecule has 0 unspecified atom stereocenters. The number of Topliss-reactive ketones (excluding diaryl/α,β-unsaturated/α-hetero) is 1. The Bertz CT molecular complexity index is 579. The SMILES string of the molecule is O=C(Cn1cc[nH]c1=[N+]([O-])[O-])c1ccccc1. The van der Waals surface area contributed by atoms with Crippen molar-refractivity contribution in [3.63, 3.8) is 0 Å². The fourth-order valence-corrected chi connectivity index (χ4v) is 1.51. The van der Waals surface area contributed by atoms with E-state index >= 15 is 0 Å². The molecule has 0 atom stereocenters. The topological polar surface area (TPSA) is 86.9 Å². The molecule has 1 N–H and O–H groups in total. The summed E-state index contributed by atoms with van der Waals surface area (Å²) in [6, 6.07) is 8.68. The average molecular weight is 232 g/mol. The van der Waals surface area contributed by atoms with Crippen molar-refractivity contribution in [3.8, 4) is 0 Å². The first kappa shape index (κ1) is 11.0. The lowest BCUT2D eigenvalue weighted by molar-refractivity contribution is 0.0970. The van der Waals surface area contributed by atoms with E-state index in [9.17, 15) is 15.2 Å². The van der Waals surface area contributed by atoms with Crippen LogP contribution in [0.25, 0.3) is 0 Å². The number of hydrogen-bond acceptors (Lipinski definition) is 3. The van der Waals surface area contributed by atoms with Crippen molar-refractivity contribution < 1.29 is 4.79 Å². The molecule has 1 aromatic carbocycles. The number of rotatable bonds is 3. The number of H-pyrrole nitrogens is 1. The van der Waals surface area contributed by atoms with Crippen molar-refractivity contribution in [1.29, 1.82) is 0 Å². The van der Waals surface area contributed by atoms with Gasteiger partial charge in [-0.2, -0.15) is 0 Å². The van der Waals surface area contributed by atoms with E-state index in [2.05, 4.69) is 4.98 Å². The van der Waals surface area contributed by atoms with Crippen molar-refractivity contribution >= 4 is 5.78 Å². The lowest BCUT2D eigenvalue weighted by Gasteiger charge is -2.12. The Hall–Kier alpha value is -2.50. The smallest absolute Gasteiger partial charge is 0.358 e. The summed E-state index contributed by atoms with van der Waals surface area (Å²) in [5, 5.41) is 21.3. The number of aromatic nitrogens is 2. The summed E-state index contributed by atoms with van der Waals surface area (Å²) in [7, 11) is 0. The van der Waals surface area contributed by atoms with Crippen LogP contribution in [0.1, 0.15) is 10.4 Å². The lowest BCUT2D eigenvalue weighted by atomic mass is 10.1. The summed E-state index contributed by atoms with van der Waals surface area (Å²) in [6.07, 6.45) is 2.90. The van der Waals surface area contributed by atoms with E-state index in [-0.39, 0.29) is 17.9 Å². The molecule has 1 heterocycles. The largest absolute Gasteiger partial charge is 0.744 e. The molecule has 6 heteroatoms. The molecule has 88 valence electrons. The molecule has 0 spiro atoms. The molecule has 0 amide bonds. The van der Waals surface area contributed by atoms with Gasteiger partial charge in [0, 0.05) is 5.56 Å². The lowest BCUT2D eigenvalue weighted by Crippen LogP contribution is -2.31. The number of carbonyl (C=O) groups is 1. The summed E-state index contributed by atoms with van der Waals surface area (Å²) in [5.41, 5.74) is 0.338. The number of benzene rings is 1. The molecule has 0 aliphatic heterocycles. The number of aromatic amines is 1. The van der Waals surface area contributed by atoms with Gasteiger partial charge in [-0.15, -0.1) is 0 Å². The average Bonchev–Trinajstić information content (AvgIpc) is 2.78. The van der Waals surface area contributed by atoms with Crippen molar-refractivity contribution in [2.24, 2.45) is 0 Å². The Balaban J connectivity index is 2.26. The van der Waals surface area contributed by atoms with Crippen molar-refractivity contribution in [2.75, 3.05) is 0 Å². The van der Waals surface area contributed by atoms with Crippen LogP contribution in [0.3, 0.4) is 0 Å². The first-order valence-corrected chi connectivity index (χ1v) is 4.98. The number of imidazole rings is 1. The number of carbonyl (C=O) groups excluding carboxylic acids is 1. The highest BCUT2D eigenvalue weighted by Crippen LogP contribution is 2.00. The molecule has 0 fully saturated rings. The maximum absolute atomic E-state index is 11.8. The fourth-order valence-electron chi connectivity index (χ4n) is 1.51. The van der Waals surface area contributed by atoms with E-state index < -0.39 is 4.90 Å². The Morgan fingerprint density at radius 1 is 1.29 bits per heavy atom. The third-order valence-corrected chi connectivity index (χ3v) is 2.32. The van der Waals surface area contributed by atoms with Crippen molar-refractivity contribution in [1.82, 2.24) is 14.5 Å². The van der Waals surface area contributed by atoms with E-state index in [4.69, 9.17) is 0 Å². The molecule has 0 saturated heterocycles. The quantitative estimate of drug-likeness (QED) is 0.616. The van der Waals surface area contributed by atoms with Crippen LogP contribution in [0.2, 0.25) is 0 Å². The standard InChI is InChI=1S/C11H10N3O3/c15-10(9-4-2-1-3-5-9)8-13-7-6-12-11(13)14(16)17/h1-7,12H,8H2/q-1. The normalized spacial score (nSPS) is 10.1. The van der Waals surface area contributed by atoms with Gasteiger partial charge in [0.1, 0.15) is 6.54 Å². The summed E-state index contributed by atoms with van der Waals surface area (Å²) >= 11 is 0. The maximum atomic E-state index is 11.8. The second kappa shape index (κ2) is 4.56. The van der Waals surface area contributed by atoms with E-state index in [1.54, 1.807) is 24.3 Å². The number of nitrogens with zero attached hydrogens (tertiary/aromatic N) is 2. The molecular formula is C11H10N3O3-. The number of nitrogens with one attached hydrogen (secondary N) is 1. The first-order valence-electron chi connectivity index (χ1n) is 4.98. The summed E-state index contributed by atoms with van der Waals surface area (Å²) in [6.45, 7) is -0.0518. The van der Waals surface area contributed by atoms with Gasteiger partial charge in [0.25, 0.3) is 0 Å². The zero-order valence-corrected chi connectivity index (χ0v) is 8.87. The van der Waals surface area contributed by atoms with E-state index in [0.717, 1.165) is 0 Å². The molecule has 1 aromatic heterocycles. The monoisotopic (exact) mass is 232 g/mol. The van der Waals surface area contributed by atoms with Gasteiger partial charge in [-0.1, -0.05) is 30.3 Å². The molecule has 0 bridgehead atoms. The molecule has 0 aliphatic rings. The zero-order chi connectivity index (χ0) is 12.3. The van der Waals surface area contributed by atoms with Crippen molar-refractivity contribution in [2.45, 2.75) is 6.54 Å². The van der Waals surface area contributed by atoms with Crippen LogP contribution in [-0.2, 0) is 6.54 Å². The molecule has 2 rings (SSSR count). The Morgan fingerprint density at radius 2 is 2.00 bits per heavy atom. The molecule has 17 heavy (non-hydrogen) atoms. The highest BCUT2D eigenvalue weighted by atomic mass is 16.8. The third-order valence-electron chi connectivity index (χ3n) is 2.32. The second-order valence-corrected chi connectivity index (χ2v) is 3.46. The van der Waals surface area contributed by atoms with Gasteiger partial charge in [0.05, 0.1) is 12.4 Å². The number of hydrogen-bond donors (Lipinski definition) is 1. The van der Waals surface area contributed by atoms with Crippen LogP contribution < -0.4 is 10.5 Å². The Labute approximate surface area is 96.6 Å². The molecule has 0 radical (unpaired) electrons. The maximum Gasteiger partial charge on any atom is 0.358 e. The van der Waals surface area contributed by atoms with Crippen LogP contribution in [-0.4, -0.2) is 15.3 Å². The van der Waals surface area contributed by atoms with Gasteiger partial charge >= 0.3 is 5.62 Å². The van der Waals surface area contributed by atoms with E-state index in [1.165, 1.54) is 17.0 Å². The molecule has 0 aliphatic carbocycles. The van der Waals surface area contributed by atoms with E-state index in [0.29, 0.717) is 5.56 Å². The predicted octanol–water partition coefficient (Wildman–Crippen LogP) is 0.467. The first-order chi connectivity index (χ1) is 8.18. The highest BCUT2D eigenvalue weighted by molar-refractivity contribution is 5.95. The van der Waals surface area contributed by atoms with Crippen LogP contribution in [0, 0.1) is 10.4 Å². The van der Waals surface area contributed by atoms with E-state index in [1.807, 2.05) is 6.07 Å². The van der Waals surface area contributed by atoms with Gasteiger partial charge in [-0.05, 0) is 0 Å². The highest BCUT2D eigenvalue weighted by Gasteiger charge is 2.10. The molecule has 2 aromatic rings. The third kappa shape index (κ3) is 2.36.